The van der Waals surface area contributed by atoms with Crippen LogP contribution in [0.3, 0.4) is 0 Å². The summed E-state index contributed by atoms with van der Waals surface area (Å²) in [7, 11) is 0. The zero-order chi connectivity index (χ0) is 12.5. The molecule has 1 fully saturated rings. The van der Waals surface area contributed by atoms with Gasteiger partial charge >= 0.3 is 0 Å². The second-order valence-electron chi connectivity index (χ2n) is 5.93. The molecule has 1 heteroatoms. The quantitative estimate of drug-likeness (QED) is 0.644. The fourth-order valence-corrected chi connectivity index (χ4v) is 3.42. The highest BCUT2D eigenvalue weighted by Gasteiger charge is 2.28. The largest absolute Gasteiger partial charge is 0.314 e. The van der Waals surface area contributed by atoms with Crippen molar-refractivity contribution in [3.05, 3.63) is 0 Å². The highest BCUT2D eigenvalue weighted by atomic mass is 14.9. The van der Waals surface area contributed by atoms with Gasteiger partial charge in [0.1, 0.15) is 0 Å². The maximum Gasteiger partial charge on any atom is 0.00955 e. The van der Waals surface area contributed by atoms with E-state index >= 15 is 0 Å². The van der Waals surface area contributed by atoms with E-state index in [4.69, 9.17) is 0 Å². The minimum Gasteiger partial charge on any atom is -0.314 e. The molecule has 0 heterocycles. The second kappa shape index (κ2) is 8.97. The van der Waals surface area contributed by atoms with Crippen LogP contribution in [0.1, 0.15) is 78.6 Å². The lowest BCUT2D eigenvalue weighted by atomic mass is 9.74. The van der Waals surface area contributed by atoms with Crippen LogP contribution in [0.4, 0.5) is 0 Å². The first kappa shape index (κ1) is 15.0. The first-order valence-electron chi connectivity index (χ1n) is 8.05. The molecule has 1 nitrogen and oxygen atoms in total. The Bertz CT molecular complexity index is 178. The van der Waals surface area contributed by atoms with Gasteiger partial charge in [0, 0.05) is 6.04 Å². The predicted molar refractivity (Wildman–Crippen MR) is 77.3 cm³/mol. The molecule has 17 heavy (non-hydrogen) atoms. The molecule has 0 aromatic carbocycles. The molecule has 0 saturated heterocycles. The summed E-state index contributed by atoms with van der Waals surface area (Å²) in [5, 5.41) is 3.79. The van der Waals surface area contributed by atoms with Crippen molar-refractivity contribution in [1.29, 1.82) is 0 Å². The van der Waals surface area contributed by atoms with Crippen molar-refractivity contribution in [1.82, 2.24) is 5.32 Å². The number of rotatable bonds is 8. The van der Waals surface area contributed by atoms with Gasteiger partial charge < -0.3 is 5.32 Å². The van der Waals surface area contributed by atoms with Crippen LogP contribution >= 0.6 is 0 Å². The van der Waals surface area contributed by atoms with E-state index in [9.17, 15) is 0 Å². The summed E-state index contributed by atoms with van der Waals surface area (Å²) >= 11 is 0. The van der Waals surface area contributed by atoms with Crippen molar-refractivity contribution < 1.29 is 0 Å². The third kappa shape index (κ3) is 5.42. The molecule has 102 valence electrons. The van der Waals surface area contributed by atoms with E-state index in [0.717, 1.165) is 17.9 Å². The van der Waals surface area contributed by atoms with E-state index in [-0.39, 0.29) is 0 Å². The van der Waals surface area contributed by atoms with Crippen LogP contribution in [0.25, 0.3) is 0 Å². The Hall–Kier alpha value is -0.0400. The molecule has 1 aliphatic carbocycles. The van der Waals surface area contributed by atoms with E-state index in [2.05, 4.69) is 26.1 Å². The number of unbranched alkanes of at least 4 members (excludes halogenated alkanes) is 1. The van der Waals surface area contributed by atoms with Crippen LogP contribution in [-0.2, 0) is 0 Å². The van der Waals surface area contributed by atoms with Gasteiger partial charge in [-0.05, 0) is 50.5 Å². The highest BCUT2D eigenvalue weighted by Crippen LogP contribution is 2.34. The molecule has 0 bridgehead atoms. The van der Waals surface area contributed by atoms with Gasteiger partial charge in [-0.1, -0.05) is 46.5 Å². The Morgan fingerprint density at radius 1 is 0.941 bits per heavy atom. The predicted octanol–water partition coefficient (Wildman–Crippen LogP) is 4.76. The Morgan fingerprint density at radius 2 is 1.76 bits per heavy atom. The summed E-state index contributed by atoms with van der Waals surface area (Å²) < 4.78 is 0. The Kier molecular flexibility index (Phi) is 7.92. The van der Waals surface area contributed by atoms with Crippen LogP contribution in [0.2, 0.25) is 0 Å². The smallest absolute Gasteiger partial charge is 0.00955 e. The average molecular weight is 239 g/mol. The Morgan fingerprint density at radius 3 is 2.41 bits per heavy atom. The van der Waals surface area contributed by atoms with Crippen molar-refractivity contribution >= 4 is 0 Å². The first-order valence-corrected chi connectivity index (χ1v) is 8.05. The van der Waals surface area contributed by atoms with E-state index < -0.39 is 0 Å². The molecule has 3 unspecified atom stereocenters. The molecule has 0 aromatic heterocycles. The summed E-state index contributed by atoms with van der Waals surface area (Å²) in [6.07, 6.45) is 12.7. The van der Waals surface area contributed by atoms with E-state index in [1.807, 2.05) is 0 Å². The third-order valence-electron chi connectivity index (χ3n) is 4.37. The molecule has 0 spiro atoms. The van der Waals surface area contributed by atoms with Crippen LogP contribution in [0.5, 0.6) is 0 Å². The van der Waals surface area contributed by atoms with E-state index in [1.165, 1.54) is 64.3 Å². The standard InChI is InChI=1S/C16H33N/c1-4-7-9-15-13-14(8-5-2)10-11-16(15)17-12-6-3/h14-17H,4-13H2,1-3H3. The molecule has 1 saturated carbocycles. The van der Waals surface area contributed by atoms with Crippen molar-refractivity contribution in [3.63, 3.8) is 0 Å². The Labute approximate surface area is 109 Å². The summed E-state index contributed by atoms with van der Waals surface area (Å²) in [6, 6.07) is 0.828. The minimum absolute atomic E-state index is 0.828. The van der Waals surface area contributed by atoms with Crippen molar-refractivity contribution in [3.8, 4) is 0 Å². The van der Waals surface area contributed by atoms with Crippen molar-refractivity contribution in [2.24, 2.45) is 11.8 Å². The lowest BCUT2D eigenvalue weighted by Crippen LogP contribution is -2.41. The first-order chi connectivity index (χ1) is 8.31. The topological polar surface area (TPSA) is 12.0 Å². The molecule has 1 rings (SSSR count). The highest BCUT2D eigenvalue weighted by molar-refractivity contribution is 4.84. The summed E-state index contributed by atoms with van der Waals surface area (Å²) in [5.74, 6) is 1.99. The molecule has 0 radical (unpaired) electrons. The van der Waals surface area contributed by atoms with Gasteiger partial charge in [0.25, 0.3) is 0 Å². The molecular formula is C16H33N. The van der Waals surface area contributed by atoms with Gasteiger partial charge in [0.2, 0.25) is 0 Å². The minimum atomic E-state index is 0.828. The summed E-state index contributed by atoms with van der Waals surface area (Å²) in [4.78, 5) is 0. The van der Waals surface area contributed by atoms with Gasteiger partial charge in [-0.15, -0.1) is 0 Å². The summed E-state index contributed by atoms with van der Waals surface area (Å²) in [5.41, 5.74) is 0. The lowest BCUT2D eigenvalue weighted by Gasteiger charge is -2.37. The molecule has 3 atom stereocenters. The molecule has 1 aliphatic rings. The SMILES string of the molecule is CCCCC1CC(CCC)CCC1NCCC. The van der Waals surface area contributed by atoms with E-state index in [0.29, 0.717) is 0 Å². The van der Waals surface area contributed by atoms with Gasteiger partial charge in [-0.25, -0.2) is 0 Å². The molecule has 0 aliphatic heterocycles. The van der Waals surface area contributed by atoms with Gasteiger partial charge in [0.05, 0.1) is 0 Å². The maximum absolute atomic E-state index is 3.79. The van der Waals surface area contributed by atoms with Gasteiger partial charge in [-0.3, -0.25) is 0 Å². The normalized spacial score (nSPS) is 29.5. The average Bonchev–Trinajstić information content (AvgIpc) is 2.35. The summed E-state index contributed by atoms with van der Waals surface area (Å²) in [6.45, 7) is 8.14. The van der Waals surface area contributed by atoms with E-state index in [1.54, 1.807) is 0 Å². The van der Waals surface area contributed by atoms with Crippen molar-refractivity contribution in [2.45, 2.75) is 84.6 Å². The number of hydrogen-bond donors (Lipinski definition) is 1. The Balaban J connectivity index is 2.40. The maximum atomic E-state index is 3.79. The number of nitrogens with one attached hydrogen (secondary N) is 1. The fourth-order valence-electron chi connectivity index (χ4n) is 3.42. The van der Waals surface area contributed by atoms with Crippen LogP contribution in [0.15, 0.2) is 0 Å². The zero-order valence-electron chi connectivity index (χ0n) is 12.3. The molecule has 1 N–H and O–H groups in total. The van der Waals surface area contributed by atoms with Gasteiger partial charge in [-0.2, -0.15) is 0 Å². The van der Waals surface area contributed by atoms with Crippen LogP contribution in [-0.4, -0.2) is 12.6 Å². The van der Waals surface area contributed by atoms with Crippen molar-refractivity contribution in [2.75, 3.05) is 6.54 Å². The zero-order valence-corrected chi connectivity index (χ0v) is 12.3. The molecule has 0 aromatic rings. The molecular weight excluding hydrogens is 206 g/mol. The number of hydrogen-bond acceptors (Lipinski definition) is 1. The van der Waals surface area contributed by atoms with Crippen LogP contribution < -0.4 is 5.32 Å². The molecule has 0 amide bonds. The second-order valence-corrected chi connectivity index (χ2v) is 5.93. The monoisotopic (exact) mass is 239 g/mol. The van der Waals surface area contributed by atoms with Crippen LogP contribution in [0, 0.1) is 11.8 Å². The fraction of sp³-hybridized carbons (Fsp3) is 1.00. The third-order valence-corrected chi connectivity index (χ3v) is 4.37. The lowest BCUT2D eigenvalue weighted by molar-refractivity contribution is 0.183. The van der Waals surface area contributed by atoms with Gasteiger partial charge in [0.15, 0.2) is 0 Å².